The van der Waals surface area contributed by atoms with Crippen molar-refractivity contribution in [2.75, 3.05) is 32.0 Å². The lowest BCUT2D eigenvalue weighted by atomic mass is 9.93. The minimum absolute atomic E-state index is 0. The molecule has 0 atom stereocenters. The van der Waals surface area contributed by atoms with E-state index in [4.69, 9.17) is 0 Å². The van der Waals surface area contributed by atoms with Crippen LogP contribution in [0.15, 0.2) is 18.2 Å². The van der Waals surface area contributed by atoms with Gasteiger partial charge in [-0.05, 0) is 43.4 Å². The Morgan fingerprint density at radius 1 is 1.26 bits per heavy atom. The Hall–Kier alpha value is -1.75. The minimum Gasteiger partial charge on any atom is -0.385 e. The van der Waals surface area contributed by atoms with E-state index in [0.29, 0.717) is 13.1 Å². The van der Waals surface area contributed by atoms with E-state index in [1.165, 1.54) is 0 Å². The molecule has 0 aromatic heterocycles. The number of halogens is 1. The maximum Gasteiger partial charge on any atom is 0.254 e. The quantitative estimate of drug-likeness (QED) is 0.868. The molecular formula is C17H24ClN3O2. The molecule has 1 aromatic rings. The fourth-order valence-corrected chi connectivity index (χ4v) is 3.43. The number of hydrogen-bond acceptors (Lipinski definition) is 3. The van der Waals surface area contributed by atoms with Crippen molar-refractivity contribution in [2.45, 2.75) is 25.7 Å². The summed E-state index contributed by atoms with van der Waals surface area (Å²) in [5.41, 5.74) is 3.06. The highest BCUT2D eigenvalue weighted by Crippen LogP contribution is 2.27. The second-order valence-electron chi connectivity index (χ2n) is 6.04. The van der Waals surface area contributed by atoms with E-state index in [1.807, 2.05) is 23.1 Å². The summed E-state index contributed by atoms with van der Waals surface area (Å²) in [5.74, 6) is 0.240. The zero-order chi connectivity index (χ0) is 15.5. The van der Waals surface area contributed by atoms with Crippen LogP contribution in [0.1, 0.15) is 35.2 Å². The molecule has 2 heterocycles. The summed E-state index contributed by atoms with van der Waals surface area (Å²) in [5, 5.41) is 6.07. The number of carbonyl (C=O) groups is 2. The Bertz CT molecular complexity index is 583. The summed E-state index contributed by atoms with van der Waals surface area (Å²) in [7, 11) is 1.67. The molecule has 0 bridgehead atoms. The van der Waals surface area contributed by atoms with Gasteiger partial charge in [-0.3, -0.25) is 9.59 Å². The summed E-state index contributed by atoms with van der Waals surface area (Å²) < 4.78 is 0. The van der Waals surface area contributed by atoms with Crippen LogP contribution in [0.25, 0.3) is 0 Å². The van der Waals surface area contributed by atoms with Gasteiger partial charge in [0.25, 0.3) is 5.91 Å². The van der Waals surface area contributed by atoms with Crippen LogP contribution >= 0.6 is 12.4 Å². The molecule has 2 aliphatic rings. The van der Waals surface area contributed by atoms with Crippen molar-refractivity contribution in [3.8, 4) is 0 Å². The van der Waals surface area contributed by atoms with E-state index in [1.54, 1.807) is 7.05 Å². The van der Waals surface area contributed by atoms with Gasteiger partial charge in [0.2, 0.25) is 5.91 Å². The molecule has 0 spiro atoms. The first-order valence-corrected chi connectivity index (χ1v) is 8.07. The van der Waals surface area contributed by atoms with E-state index in [2.05, 4.69) is 10.6 Å². The van der Waals surface area contributed by atoms with Crippen molar-refractivity contribution in [3.05, 3.63) is 29.3 Å². The van der Waals surface area contributed by atoms with E-state index in [-0.39, 0.29) is 30.1 Å². The number of benzene rings is 1. The highest BCUT2D eigenvalue weighted by Gasteiger charge is 2.28. The van der Waals surface area contributed by atoms with Crippen LogP contribution in [-0.4, -0.2) is 43.4 Å². The average molecular weight is 338 g/mol. The molecule has 0 saturated carbocycles. The molecule has 6 heteroatoms. The number of piperidine rings is 1. The smallest absolute Gasteiger partial charge is 0.254 e. The number of carbonyl (C=O) groups excluding carboxylic acids is 2. The lowest BCUT2D eigenvalue weighted by Gasteiger charge is -2.32. The first-order valence-electron chi connectivity index (χ1n) is 8.07. The van der Waals surface area contributed by atoms with Crippen LogP contribution < -0.4 is 10.6 Å². The monoisotopic (exact) mass is 337 g/mol. The summed E-state index contributed by atoms with van der Waals surface area (Å²) in [6.45, 7) is 2.30. The Morgan fingerprint density at radius 3 is 2.70 bits per heavy atom. The number of rotatable bonds is 2. The van der Waals surface area contributed by atoms with Gasteiger partial charge in [0.15, 0.2) is 0 Å². The van der Waals surface area contributed by atoms with Crippen molar-refractivity contribution < 1.29 is 9.59 Å². The van der Waals surface area contributed by atoms with Crippen LogP contribution in [0, 0.1) is 5.92 Å². The van der Waals surface area contributed by atoms with E-state index in [9.17, 15) is 9.59 Å². The van der Waals surface area contributed by atoms with Gasteiger partial charge in [-0.25, -0.2) is 0 Å². The lowest BCUT2D eigenvalue weighted by Crippen LogP contribution is -2.42. The van der Waals surface area contributed by atoms with Gasteiger partial charge in [0.1, 0.15) is 0 Å². The molecule has 0 aliphatic carbocycles. The van der Waals surface area contributed by atoms with Crippen molar-refractivity contribution in [1.82, 2.24) is 10.2 Å². The third kappa shape index (κ3) is 3.61. The van der Waals surface area contributed by atoms with Crippen molar-refractivity contribution in [1.29, 1.82) is 0 Å². The molecule has 1 aromatic carbocycles. The molecule has 0 radical (unpaired) electrons. The summed E-state index contributed by atoms with van der Waals surface area (Å²) in [6, 6.07) is 5.92. The van der Waals surface area contributed by atoms with Crippen LogP contribution in [0.2, 0.25) is 0 Å². The maximum absolute atomic E-state index is 12.8. The van der Waals surface area contributed by atoms with Gasteiger partial charge in [-0.15, -0.1) is 12.4 Å². The normalized spacial score (nSPS) is 17.5. The second kappa shape index (κ2) is 7.68. The van der Waals surface area contributed by atoms with Crippen LogP contribution in [0.3, 0.4) is 0 Å². The largest absolute Gasteiger partial charge is 0.385 e. The molecule has 126 valence electrons. The topological polar surface area (TPSA) is 61.4 Å². The predicted molar refractivity (Wildman–Crippen MR) is 93.2 cm³/mol. The SMILES string of the molecule is CNC(=O)C1CCN(C(=O)c2cccc3c2CCCN3)CC1.Cl. The fraction of sp³-hybridized carbons (Fsp3) is 0.529. The van der Waals surface area contributed by atoms with Gasteiger partial charge in [0, 0.05) is 43.9 Å². The second-order valence-corrected chi connectivity index (χ2v) is 6.04. The first kappa shape index (κ1) is 17.6. The molecule has 1 fully saturated rings. The zero-order valence-electron chi connectivity index (χ0n) is 13.4. The van der Waals surface area contributed by atoms with Crippen LogP contribution in [0.4, 0.5) is 5.69 Å². The van der Waals surface area contributed by atoms with Gasteiger partial charge >= 0.3 is 0 Å². The average Bonchev–Trinajstić information content (AvgIpc) is 2.60. The minimum atomic E-state index is 0. The van der Waals surface area contributed by atoms with Crippen LogP contribution in [0.5, 0.6) is 0 Å². The van der Waals surface area contributed by atoms with Gasteiger partial charge in [0.05, 0.1) is 0 Å². The molecular weight excluding hydrogens is 314 g/mol. The first-order chi connectivity index (χ1) is 10.7. The Kier molecular flexibility index (Phi) is 5.88. The maximum atomic E-state index is 12.8. The van der Waals surface area contributed by atoms with E-state index in [0.717, 1.165) is 49.0 Å². The summed E-state index contributed by atoms with van der Waals surface area (Å²) >= 11 is 0. The van der Waals surface area contributed by atoms with Crippen molar-refractivity contribution in [3.63, 3.8) is 0 Å². The van der Waals surface area contributed by atoms with Crippen molar-refractivity contribution in [2.24, 2.45) is 5.92 Å². The van der Waals surface area contributed by atoms with E-state index < -0.39 is 0 Å². The Morgan fingerprint density at radius 2 is 2.00 bits per heavy atom. The molecule has 1 saturated heterocycles. The Labute approximate surface area is 143 Å². The van der Waals surface area contributed by atoms with Gasteiger partial charge in [-0.1, -0.05) is 6.07 Å². The molecule has 23 heavy (non-hydrogen) atoms. The number of hydrogen-bond donors (Lipinski definition) is 2. The third-order valence-corrected chi connectivity index (χ3v) is 4.72. The summed E-state index contributed by atoms with van der Waals surface area (Å²) in [6.07, 6.45) is 3.52. The van der Waals surface area contributed by atoms with Gasteiger partial charge < -0.3 is 15.5 Å². The number of fused-ring (bicyclic) bond motifs is 1. The molecule has 2 N–H and O–H groups in total. The predicted octanol–water partition coefficient (Wildman–Crippen LogP) is 2.06. The number of nitrogens with zero attached hydrogens (tertiary/aromatic N) is 1. The Balaban J connectivity index is 0.00000192. The van der Waals surface area contributed by atoms with Crippen LogP contribution in [-0.2, 0) is 11.2 Å². The molecule has 2 aliphatic heterocycles. The number of likely N-dealkylation sites (tertiary alicyclic amines) is 1. The van der Waals surface area contributed by atoms with Crippen molar-refractivity contribution >= 4 is 29.9 Å². The number of amides is 2. The zero-order valence-corrected chi connectivity index (χ0v) is 14.2. The van der Waals surface area contributed by atoms with E-state index >= 15 is 0 Å². The summed E-state index contributed by atoms with van der Waals surface area (Å²) in [4.78, 5) is 26.4. The number of anilines is 1. The lowest BCUT2D eigenvalue weighted by molar-refractivity contribution is -0.125. The molecule has 2 amide bonds. The molecule has 3 rings (SSSR count). The molecule has 0 unspecified atom stereocenters. The van der Waals surface area contributed by atoms with Gasteiger partial charge in [-0.2, -0.15) is 0 Å². The standard InChI is InChI=1S/C17H23N3O2.ClH/c1-18-16(21)12-7-10-20(11-8-12)17(22)14-4-2-6-15-13(14)5-3-9-19-15;/h2,4,6,12,19H,3,5,7-11H2,1H3,(H,18,21);1H. The third-order valence-electron chi connectivity index (χ3n) is 4.72. The number of nitrogens with one attached hydrogen (secondary N) is 2. The highest BCUT2D eigenvalue weighted by molar-refractivity contribution is 5.97. The fourth-order valence-electron chi connectivity index (χ4n) is 3.43. The molecule has 5 nitrogen and oxygen atoms in total. The highest BCUT2D eigenvalue weighted by atomic mass is 35.5.